The lowest BCUT2D eigenvalue weighted by atomic mass is 10.1. The van der Waals surface area contributed by atoms with Gasteiger partial charge in [0.2, 0.25) is 5.90 Å². The number of ether oxygens (including phenoxy) is 2. The highest BCUT2D eigenvalue weighted by Gasteiger charge is 2.28. The molecule has 0 spiro atoms. The van der Waals surface area contributed by atoms with Crippen molar-refractivity contribution in [1.82, 2.24) is 0 Å². The molecule has 0 N–H and O–H groups in total. The lowest BCUT2D eigenvalue weighted by Gasteiger charge is -2.07. The Kier molecular flexibility index (Phi) is 6.27. The van der Waals surface area contributed by atoms with Crippen molar-refractivity contribution < 1.29 is 19.1 Å². The van der Waals surface area contributed by atoms with Crippen LogP contribution in [0.1, 0.15) is 20.8 Å². The Labute approximate surface area is 216 Å². The van der Waals surface area contributed by atoms with E-state index in [1.807, 2.05) is 18.2 Å². The highest BCUT2D eigenvalue weighted by Crippen LogP contribution is 2.38. The average molecular weight is 573 g/mol. The van der Waals surface area contributed by atoms with Crippen LogP contribution in [0.4, 0.5) is 0 Å². The van der Waals surface area contributed by atoms with Gasteiger partial charge in [-0.15, -0.1) is 11.3 Å². The largest absolute Gasteiger partial charge is 0.422 e. The maximum Gasteiger partial charge on any atom is 0.363 e. The van der Waals surface area contributed by atoms with Gasteiger partial charge >= 0.3 is 11.9 Å². The van der Waals surface area contributed by atoms with Gasteiger partial charge in [-0.3, -0.25) is 0 Å². The van der Waals surface area contributed by atoms with E-state index in [1.165, 1.54) is 17.4 Å². The maximum atomic E-state index is 12.6. The van der Waals surface area contributed by atoms with Crippen LogP contribution in [0.5, 0.6) is 5.75 Å². The number of para-hydroxylation sites is 1. The molecule has 5 nitrogen and oxygen atoms in total. The minimum atomic E-state index is -0.622. The van der Waals surface area contributed by atoms with Crippen LogP contribution in [-0.4, -0.2) is 17.8 Å². The molecule has 0 saturated heterocycles. The predicted molar refractivity (Wildman–Crippen MR) is 138 cm³/mol. The van der Waals surface area contributed by atoms with Gasteiger partial charge < -0.3 is 9.47 Å². The summed E-state index contributed by atoms with van der Waals surface area (Å²) >= 11 is 17.2. The number of benzene rings is 3. The molecule has 0 saturated carbocycles. The summed E-state index contributed by atoms with van der Waals surface area (Å²) in [6.45, 7) is 0. The number of nitrogens with zero attached hydrogens (tertiary/aromatic N) is 1. The van der Waals surface area contributed by atoms with E-state index in [0.717, 1.165) is 14.6 Å². The van der Waals surface area contributed by atoms with Crippen LogP contribution in [0.3, 0.4) is 0 Å². The molecule has 0 atom stereocenters. The first kappa shape index (κ1) is 22.8. The summed E-state index contributed by atoms with van der Waals surface area (Å²) in [4.78, 5) is 30.0. The molecule has 3 aromatic carbocycles. The molecule has 4 aromatic rings. The second-order valence-corrected chi connectivity index (χ2v) is 9.94. The van der Waals surface area contributed by atoms with Crippen LogP contribution < -0.4 is 4.74 Å². The number of hydrogen-bond acceptors (Lipinski definition) is 6. The van der Waals surface area contributed by atoms with Crippen molar-refractivity contribution in [2.45, 2.75) is 0 Å². The first-order chi connectivity index (χ1) is 16.4. The zero-order valence-electron chi connectivity index (χ0n) is 17.1. The molecule has 1 aliphatic heterocycles. The number of esters is 2. The van der Waals surface area contributed by atoms with Crippen LogP contribution in [0.25, 0.3) is 16.2 Å². The van der Waals surface area contributed by atoms with Gasteiger partial charge in [0, 0.05) is 25.1 Å². The topological polar surface area (TPSA) is 65.0 Å². The van der Waals surface area contributed by atoms with E-state index in [-0.39, 0.29) is 17.3 Å². The number of fused-ring (bicyclic) bond motifs is 1. The standard InChI is InChI=1S/C25H12BrCl2NO4S/c26-15-7-10-17-20(12-15)34-22(21(17)28)23-29-18(25(31)33-23)11-14-3-1-2-4-19(14)32-24(30)13-5-8-16(27)9-6-13/h1-12H/b18-11+. The minimum absolute atomic E-state index is 0.0692. The number of cyclic esters (lactones) is 1. The van der Waals surface area contributed by atoms with Gasteiger partial charge in [0.25, 0.3) is 0 Å². The fourth-order valence-corrected chi connectivity index (χ4v) is 5.38. The van der Waals surface area contributed by atoms with Crippen LogP contribution in [0, 0.1) is 0 Å². The second-order valence-electron chi connectivity index (χ2n) is 7.16. The lowest BCUT2D eigenvalue weighted by Crippen LogP contribution is -2.09. The summed E-state index contributed by atoms with van der Waals surface area (Å²) in [5.74, 6) is -0.766. The third-order valence-corrected chi connectivity index (χ3v) is 7.29. The molecule has 0 amide bonds. The number of halogens is 3. The Morgan fingerprint density at radius 2 is 1.82 bits per heavy atom. The van der Waals surface area contributed by atoms with Crippen molar-refractivity contribution in [2.24, 2.45) is 4.99 Å². The molecule has 0 bridgehead atoms. The molecule has 34 heavy (non-hydrogen) atoms. The van der Waals surface area contributed by atoms with E-state index in [9.17, 15) is 9.59 Å². The third kappa shape index (κ3) is 4.52. The average Bonchev–Trinajstić information content (AvgIpc) is 3.34. The maximum absolute atomic E-state index is 12.6. The molecule has 0 aliphatic carbocycles. The zero-order chi connectivity index (χ0) is 23.8. The summed E-state index contributed by atoms with van der Waals surface area (Å²) in [6, 6.07) is 18.9. The van der Waals surface area contributed by atoms with Crippen LogP contribution in [0.15, 0.2) is 81.9 Å². The predicted octanol–water partition coefficient (Wildman–Crippen LogP) is 7.53. The number of hydrogen-bond donors (Lipinski definition) is 0. The summed E-state index contributed by atoms with van der Waals surface area (Å²) < 4.78 is 12.8. The summed E-state index contributed by atoms with van der Waals surface area (Å²) in [5, 5.41) is 1.83. The van der Waals surface area contributed by atoms with Crippen LogP contribution in [0.2, 0.25) is 10.0 Å². The van der Waals surface area contributed by atoms with E-state index in [2.05, 4.69) is 20.9 Å². The van der Waals surface area contributed by atoms with E-state index >= 15 is 0 Å². The molecule has 9 heteroatoms. The molecule has 2 heterocycles. The van der Waals surface area contributed by atoms with Gasteiger partial charge in [-0.1, -0.05) is 63.4 Å². The monoisotopic (exact) mass is 571 g/mol. The highest BCUT2D eigenvalue weighted by molar-refractivity contribution is 9.10. The quantitative estimate of drug-likeness (QED) is 0.144. The normalized spacial score (nSPS) is 14.4. The van der Waals surface area contributed by atoms with Gasteiger partial charge in [-0.2, -0.15) is 0 Å². The zero-order valence-corrected chi connectivity index (χ0v) is 21.0. The van der Waals surface area contributed by atoms with Gasteiger partial charge in [-0.25, -0.2) is 14.6 Å². The number of thiophene rings is 1. The van der Waals surface area contributed by atoms with Crippen LogP contribution in [-0.2, 0) is 9.53 Å². The fraction of sp³-hybridized carbons (Fsp3) is 0. The Hall–Kier alpha value is -2.97. The summed E-state index contributed by atoms with van der Waals surface area (Å²) in [7, 11) is 0. The Morgan fingerprint density at radius 3 is 2.62 bits per heavy atom. The van der Waals surface area contributed by atoms with Gasteiger partial charge in [0.1, 0.15) is 10.6 Å². The summed E-state index contributed by atoms with van der Waals surface area (Å²) in [6.07, 6.45) is 1.51. The Balaban J connectivity index is 1.46. The van der Waals surface area contributed by atoms with Crippen molar-refractivity contribution in [3.05, 3.63) is 103 Å². The molecular formula is C25H12BrCl2NO4S. The Bertz CT molecular complexity index is 1530. The summed E-state index contributed by atoms with van der Waals surface area (Å²) in [5.41, 5.74) is 0.909. The fourth-order valence-electron chi connectivity index (χ4n) is 3.27. The highest BCUT2D eigenvalue weighted by atomic mass is 79.9. The van der Waals surface area contributed by atoms with Gasteiger partial charge in [0.15, 0.2) is 5.70 Å². The third-order valence-electron chi connectivity index (χ3n) is 4.90. The molecule has 1 aliphatic rings. The second kappa shape index (κ2) is 9.35. The van der Waals surface area contributed by atoms with Crippen molar-refractivity contribution >= 4 is 84.5 Å². The number of aliphatic imine (C=N–C) groups is 1. The van der Waals surface area contributed by atoms with E-state index < -0.39 is 11.9 Å². The number of carbonyl (C=O) groups is 2. The number of carbonyl (C=O) groups excluding carboxylic acids is 2. The van der Waals surface area contributed by atoms with Crippen LogP contribution >= 0.6 is 50.5 Å². The Morgan fingerprint density at radius 1 is 1.06 bits per heavy atom. The molecule has 0 radical (unpaired) electrons. The van der Waals surface area contributed by atoms with Crippen molar-refractivity contribution in [3.63, 3.8) is 0 Å². The molecular weight excluding hydrogens is 561 g/mol. The van der Waals surface area contributed by atoms with Crippen molar-refractivity contribution in [3.8, 4) is 5.75 Å². The van der Waals surface area contributed by atoms with Crippen molar-refractivity contribution in [1.29, 1.82) is 0 Å². The smallest absolute Gasteiger partial charge is 0.363 e. The SMILES string of the molecule is O=C1OC(c2sc3cc(Br)ccc3c2Cl)=N/C1=C/c1ccccc1OC(=O)c1ccc(Cl)cc1. The number of rotatable bonds is 4. The molecule has 168 valence electrons. The first-order valence-corrected chi connectivity index (χ1v) is 12.2. The lowest BCUT2D eigenvalue weighted by molar-refractivity contribution is -0.129. The molecule has 1 aromatic heterocycles. The van der Waals surface area contributed by atoms with E-state index in [0.29, 0.717) is 26.0 Å². The first-order valence-electron chi connectivity index (χ1n) is 9.86. The molecule has 5 rings (SSSR count). The van der Waals surface area contributed by atoms with E-state index in [1.54, 1.807) is 48.5 Å². The van der Waals surface area contributed by atoms with Gasteiger partial charge in [0.05, 0.1) is 10.6 Å². The minimum Gasteiger partial charge on any atom is -0.422 e. The van der Waals surface area contributed by atoms with Crippen molar-refractivity contribution in [2.75, 3.05) is 0 Å². The van der Waals surface area contributed by atoms with E-state index in [4.69, 9.17) is 32.7 Å². The molecule has 0 unspecified atom stereocenters. The molecule has 0 fully saturated rings. The van der Waals surface area contributed by atoms with Gasteiger partial charge in [-0.05, 0) is 48.5 Å².